The molecule has 0 aromatic rings. The van der Waals surface area contributed by atoms with E-state index in [1.54, 1.807) is 0 Å². The van der Waals surface area contributed by atoms with Gasteiger partial charge < -0.3 is 5.32 Å². The van der Waals surface area contributed by atoms with Gasteiger partial charge in [0.1, 0.15) is 0 Å². The first-order valence-electron chi connectivity index (χ1n) is 4.09. The van der Waals surface area contributed by atoms with Gasteiger partial charge >= 0.3 is 0 Å². The molecule has 1 aliphatic carbocycles. The van der Waals surface area contributed by atoms with Crippen LogP contribution in [0.3, 0.4) is 0 Å². The second-order valence-corrected chi connectivity index (χ2v) is 3.10. The van der Waals surface area contributed by atoms with Crippen molar-refractivity contribution in [2.24, 2.45) is 0 Å². The van der Waals surface area contributed by atoms with E-state index < -0.39 is 0 Å². The Kier molecular flexibility index (Phi) is 2.52. The monoisotopic (exact) mass is 127 g/mol. The van der Waals surface area contributed by atoms with Crippen molar-refractivity contribution in [2.45, 2.75) is 51.6 Å². The molecule has 0 saturated heterocycles. The summed E-state index contributed by atoms with van der Waals surface area (Å²) in [5.74, 6) is 0. The molecule has 1 rings (SSSR count). The smallest absolute Gasteiger partial charge is 0.00695 e. The van der Waals surface area contributed by atoms with Crippen molar-refractivity contribution in [2.75, 3.05) is 0 Å². The summed E-state index contributed by atoms with van der Waals surface area (Å²) in [6.07, 6.45) is 5.51. The van der Waals surface area contributed by atoms with Gasteiger partial charge in [0.25, 0.3) is 0 Å². The van der Waals surface area contributed by atoms with Crippen LogP contribution >= 0.6 is 0 Å². The molecule has 0 aromatic heterocycles. The molecule has 1 aliphatic rings. The molecule has 0 spiro atoms. The fraction of sp³-hybridized carbons (Fsp3) is 1.00. The van der Waals surface area contributed by atoms with Crippen molar-refractivity contribution in [1.29, 1.82) is 0 Å². The lowest BCUT2D eigenvalue weighted by atomic mass is 9.92. The number of rotatable bonds is 3. The first-order valence-corrected chi connectivity index (χ1v) is 4.09. The topological polar surface area (TPSA) is 12.0 Å². The fourth-order valence-electron chi connectivity index (χ4n) is 1.10. The lowest BCUT2D eigenvalue weighted by Crippen LogP contribution is -2.40. The van der Waals surface area contributed by atoms with E-state index in [-0.39, 0.29) is 0 Å². The molecule has 0 radical (unpaired) electrons. The summed E-state index contributed by atoms with van der Waals surface area (Å²) >= 11 is 0. The molecular weight excluding hydrogens is 110 g/mol. The predicted octanol–water partition coefficient (Wildman–Crippen LogP) is 1.93. The van der Waals surface area contributed by atoms with Crippen molar-refractivity contribution >= 4 is 0 Å². The maximum Gasteiger partial charge on any atom is 0.00695 e. The Hall–Kier alpha value is -0.0400. The van der Waals surface area contributed by atoms with E-state index in [0.717, 1.165) is 12.1 Å². The van der Waals surface area contributed by atoms with Gasteiger partial charge in [-0.25, -0.2) is 0 Å². The Bertz CT molecular complexity index is 73.9. The Morgan fingerprint density at radius 3 is 2.56 bits per heavy atom. The van der Waals surface area contributed by atoms with Gasteiger partial charge in [0.15, 0.2) is 0 Å². The summed E-state index contributed by atoms with van der Waals surface area (Å²) in [6, 6.07) is 1.59. The molecule has 0 heterocycles. The SMILES string of the molecule is CCC(C)NC1CCC1. The number of nitrogens with one attached hydrogen (secondary N) is 1. The van der Waals surface area contributed by atoms with Crippen LogP contribution in [0.4, 0.5) is 0 Å². The van der Waals surface area contributed by atoms with Crippen molar-refractivity contribution in [3.63, 3.8) is 0 Å². The molecule has 0 aromatic carbocycles. The Morgan fingerprint density at radius 1 is 1.56 bits per heavy atom. The average Bonchev–Trinajstić information content (AvgIpc) is 1.78. The number of hydrogen-bond acceptors (Lipinski definition) is 1. The minimum absolute atomic E-state index is 0.732. The Balaban J connectivity index is 2.01. The van der Waals surface area contributed by atoms with Crippen LogP contribution in [0.15, 0.2) is 0 Å². The quantitative estimate of drug-likeness (QED) is 0.611. The van der Waals surface area contributed by atoms with E-state index in [4.69, 9.17) is 0 Å². The van der Waals surface area contributed by atoms with Crippen molar-refractivity contribution in [1.82, 2.24) is 5.32 Å². The van der Waals surface area contributed by atoms with Crippen LogP contribution in [0.2, 0.25) is 0 Å². The van der Waals surface area contributed by atoms with Crippen LogP contribution < -0.4 is 5.32 Å². The molecule has 1 saturated carbocycles. The normalized spacial score (nSPS) is 23.3. The summed E-state index contributed by atoms with van der Waals surface area (Å²) in [5, 5.41) is 3.57. The Labute approximate surface area is 57.8 Å². The van der Waals surface area contributed by atoms with Gasteiger partial charge in [0, 0.05) is 12.1 Å². The average molecular weight is 127 g/mol. The molecule has 1 N–H and O–H groups in total. The van der Waals surface area contributed by atoms with Gasteiger partial charge in [-0.3, -0.25) is 0 Å². The van der Waals surface area contributed by atoms with E-state index in [1.165, 1.54) is 25.7 Å². The minimum Gasteiger partial charge on any atom is -0.312 e. The van der Waals surface area contributed by atoms with Gasteiger partial charge in [-0.2, -0.15) is 0 Å². The highest BCUT2D eigenvalue weighted by atomic mass is 14.9. The zero-order chi connectivity index (χ0) is 6.69. The van der Waals surface area contributed by atoms with E-state index in [2.05, 4.69) is 19.2 Å². The van der Waals surface area contributed by atoms with Gasteiger partial charge in [0.05, 0.1) is 0 Å². The van der Waals surface area contributed by atoms with E-state index in [1.807, 2.05) is 0 Å². The molecule has 0 amide bonds. The van der Waals surface area contributed by atoms with Crippen molar-refractivity contribution in [3.8, 4) is 0 Å². The first kappa shape index (κ1) is 7.07. The zero-order valence-electron chi connectivity index (χ0n) is 6.48. The Morgan fingerprint density at radius 2 is 2.22 bits per heavy atom. The maximum absolute atomic E-state index is 3.57. The lowest BCUT2D eigenvalue weighted by Gasteiger charge is -2.29. The van der Waals surface area contributed by atoms with E-state index in [0.29, 0.717) is 0 Å². The maximum atomic E-state index is 3.57. The molecule has 54 valence electrons. The second-order valence-electron chi connectivity index (χ2n) is 3.10. The summed E-state index contributed by atoms with van der Waals surface area (Å²) in [7, 11) is 0. The van der Waals surface area contributed by atoms with Gasteiger partial charge in [-0.1, -0.05) is 13.3 Å². The molecule has 1 unspecified atom stereocenters. The molecule has 1 atom stereocenters. The van der Waals surface area contributed by atoms with Crippen LogP contribution in [0.1, 0.15) is 39.5 Å². The molecule has 1 heteroatoms. The highest BCUT2D eigenvalue weighted by molar-refractivity contribution is 4.78. The zero-order valence-corrected chi connectivity index (χ0v) is 6.48. The van der Waals surface area contributed by atoms with Crippen molar-refractivity contribution in [3.05, 3.63) is 0 Å². The van der Waals surface area contributed by atoms with E-state index in [9.17, 15) is 0 Å². The third kappa shape index (κ3) is 1.98. The number of hydrogen-bond donors (Lipinski definition) is 1. The summed E-state index contributed by atoms with van der Waals surface area (Å²) < 4.78 is 0. The highest BCUT2D eigenvalue weighted by Gasteiger charge is 2.17. The van der Waals surface area contributed by atoms with Gasteiger partial charge in [0.2, 0.25) is 0 Å². The second kappa shape index (κ2) is 3.21. The third-order valence-electron chi connectivity index (χ3n) is 2.24. The third-order valence-corrected chi connectivity index (χ3v) is 2.24. The molecular formula is C8H17N. The predicted molar refractivity (Wildman–Crippen MR) is 40.5 cm³/mol. The molecule has 0 aliphatic heterocycles. The van der Waals surface area contributed by atoms with E-state index >= 15 is 0 Å². The fourth-order valence-corrected chi connectivity index (χ4v) is 1.10. The highest BCUT2D eigenvalue weighted by Crippen LogP contribution is 2.18. The van der Waals surface area contributed by atoms with Gasteiger partial charge in [-0.05, 0) is 26.2 Å². The standard InChI is InChI=1S/C8H17N/c1-3-7(2)9-8-5-4-6-8/h7-9H,3-6H2,1-2H3. The van der Waals surface area contributed by atoms with Crippen LogP contribution in [0.5, 0.6) is 0 Å². The van der Waals surface area contributed by atoms with Crippen LogP contribution in [-0.4, -0.2) is 12.1 Å². The summed E-state index contributed by atoms with van der Waals surface area (Å²) in [5.41, 5.74) is 0. The largest absolute Gasteiger partial charge is 0.312 e. The molecule has 0 bridgehead atoms. The lowest BCUT2D eigenvalue weighted by molar-refractivity contribution is 0.308. The van der Waals surface area contributed by atoms with Crippen LogP contribution in [0, 0.1) is 0 Å². The molecule has 9 heavy (non-hydrogen) atoms. The van der Waals surface area contributed by atoms with Crippen LogP contribution in [-0.2, 0) is 0 Å². The van der Waals surface area contributed by atoms with Crippen LogP contribution in [0.25, 0.3) is 0 Å². The summed E-state index contributed by atoms with van der Waals surface area (Å²) in [4.78, 5) is 0. The molecule has 1 fully saturated rings. The minimum atomic E-state index is 0.732. The van der Waals surface area contributed by atoms with Gasteiger partial charge in [-0.15, -0.1) is 0 Å². The summed E-state index contributed by atoms with van der Waals surface area (Å²) in [6.45, 7) is 4.49. The first-order chi connectivity index (χ1) is 4.33. The molecule has 1 nitrogen and oxygen atoms in total. The van der Waals surface area contributed by atoms with Crippen molar-refractivity contribution < 1.29 is 0 Å².